The van der Waals surface area contributed by atoms with E-state index < -0.39 is 11.5 Å². The Morgan fingerprint density at radius 3 is 2.97 bits per heavy atom. The maximum atomic E-state index is 14.3. The molecule has 0 saturated heterocycles. The van der Waals surface area contributed by atoms with Crippen molar-refractivity contribution in [1.29, 1.82) is 0 Å². The molecular weight excluding hydrogens is 373 g/mol. The largest absolute Gasteiger partial charge is 0.490 e. The molecule has 4 unspecified atom stereocenters. The third-order valence-corrected chi connectivity index (χ3v) is 6.30. The second-order valence-corrected chi connectivity index (χ2v) is 7.87. The Kier molecular flexibility index (Phi) is 4.42. The molecule has 29 heavy (non-hydrogen) atoms. The van der Waals surface area contributed by atoms with Crippen molar-refractivity contribution in [3.05, 3.63) is 48.0 Å². The number of rotatable bonds is 3. The smallest absolute Gasteiger partial charge is 0.283 e. The molecule has 0 amide bonds. The summed E-state index contributed by atoms with van der Waals surface area (Å²) in [5, 5.41) is 0. The van der Waals surface area contributed by atoms with Gasteiger partial charge < -0.3 is 19.9 Å². The Hall–Kier alpha value is -2.67. The summed E-state index contributed by atoms with van der Waals surface area (Å²) >= 11 is 0. The van der Waals surface area contributed by atoms with Crippen molar-refractivity contribution >= 4 is 6.02 Å². The minimum absolute atomic E-state index is 0.0263. The molecule has 4 atom stereocenters. The van der Waals surface area contributed by atoms with E-state index in [1.54, 1.807) is 12.1 Å². The zero-order chi connectivity index (χ0) is 20.0. The fourth-order valence-corrected chi connectivity index (χ4v) is 5.01. The van der Waals surface area contributed by atoms with E-state index in [1.807, 2.05) is 25.1 Å². The Labute approximate surface area is 168 Å². The molecule has 1 aliphatic carbocycles. The highest BCUT2D eigenvalue weighted by molar-refractivity contribution is 5.75. The van der Waals surface area contributed by atoms with E-state index in [1.165, 1.54) is 6.20 Å². The van der Waals surface area contributed by atoms with Crippen LogP contribution in [0.25, 0.3) is 11.1 Å². The van der Waals surface area contributed by atoms with E-state index >= 15 is 0 Å². The maximum absolute atomic E-state index is 14.3. The molecule has 2 aromatic rings. The van der Waals surface area contributed by atoms with Gasteiger partial charge in [0.05, 0.1) is 6.10 Å². The van der Waals surface area contributed by atoms with Gasteiger partial charge in [0.1, 0.15) is 24.0 Å². The van der Waals surface area contributed by atoms with Crippen LogP contribution in [0.3, 0.4) is 0 Å². The molecule has 1 fully saturated rings. The summed E-state index contributed by atoms with van der Waals surface area (Å²) in [6, 6.07) is 9.34. The number of nitrogens with two attached hydrogens (primary N) is 1. The average Bonchev–Trinajstić information content (AvgIpc) is 3.12. The van der Waals surface area contributed by atoms with E-state index in [9.17, 15) is 4.39 Å². The monoisotopic (exact) mass is 397 g/mol. The van der Waals surface area contributed by atoms with Gasteiger partial charge in [-0.3, -0.25) is 0 Å². The molecule has 5 rings (SSSR count). The van der Waals surface area contributed by atoms with Crippen LogP contribution in [-0.2, 0) is 15.0 Å². The second kappa shape index (κ2) is 6.99. The SMILES string of the molecule is CCOC1CCC2Oc3ccc(-c4cccnc4F)cc3C3(COC(N)=N3)C2C1. The molecule has 7 heteroatoms. The highest BCUT2D eigenvalue weighted by atomic mass is 19.1. The number of halogens is 1. The van der Waals surface area contributed by atoms with Crippen molar-refractivity contribution in [1.82, 2.24) is 4.98 Å². The molecule has 2 aliphatic heterocycles. The number of aliphatic imine (C=N–C) groups is 1. The predicted molar refractivity (Wildman–Crippen MR) is 106 cm³/mol. The van der Waals surface area contributed by atoms with Gasteiger partial charge >= 0.3 is 0 Å². The van der Waals surface area contributed by atoms with Crippen LogP contribution in [-0.4, -0.2) is 36.4 Å². The first kappa shape index (κ1) is 18.4. The highest BCUT2D eigenvalue weighted by Crippen LogP contribution is 2.53. The van der Waals surface area contributed by atoms with Crippen LogP contribution in [0.4, 0.5) is 4.39 Å². The first-order chi connectivity index (χ1) is 14.1. The van der Waals surface area contributed by atoms with Gasteiger partial charge in [-0.15, -0.1) is 0 Å². The number of pyridine rings is 1. The number of amidine groups is 1. The Morgan fingerprint density at radius 2 is 2.21 bits per heavy atom. The molecule has 1 spiro atoms. The highest BCUT2D eigenvalue weighted by Gasteiger charge is 2.55. The topological polar surface area (TPSA) is 79.0 Å². The van der Waals surface area contributed by atoms with Gasteiger partial charge in [-0.25, -0.2) is 9.98 Å². The van der Waals surface area contributed by atoms with E-state index in [2.05, 4.69) is 4.98 Å². The number of fused-ring (bicyclic) bond motifs is 4. The fraction of sp³-hybridized carbons (Fsp3) is 0.455. The van der Waals surface area contributed by atoms with Crippen LogP contribution in [0.2, 0.25) is 0 Å². The molecule has 1 aromatic heterocycles. The summed E-state index contributed by atoms with van der Waals surface area (Å²) in [4.78, 5) is 8.56. The maximum Gasteiger partial charge on any atom is 0.283 e. The fourth-order valence-electron chi connectivity index (χ4n) is 5.01. The van der Waals surface area contributed by atoms with E-state index in [0.717, 1.165) is 36.1 Å². The number of hydrogen-bond acceptors (Lipinski definition) is 6. The lowest BCUT2D eigenvalue weighted by atomic mass is 9.67. The van der Waals surface area contributed by atoms with Crippen LogP contribution >= 0.6 is 0 Å². The zero-order valence-electron chi connectivity index (χ0n) is 16.3. The molecule has 152 valence electrons. The molecule has 3 heterocycles. The average molecular weight is 397 g/mol. The van der Waals surface area contributed by atoms with Gasteiger partial charge in [-0.2, -0.15) is 4.39 Å². The lowest BCUT2D eigenvalue weighted by Gasteiger charge is -2.47. The molecule has 1 saturated carbocycles. The van der Waals surface area contributed by atoms with Gasteiger partial charge in [0.25, 0.3) is 6.02 Å². The van der Waals surface area contributed by atoms with Crippen molar-refractivity contribution in [3.8, 4) is 16.9 Å². The van der Waals surface area contributed by atoms with Gasteiger partial charge in [0.2, 0.25) is 5.95 Å². The second-order valence-electron chi connectivity index (χ2n) is 7.87. The third kappa shape index (κ3) is 2.95. The number of hydrogen-bond donors (Lipinski definition) is 1. The number of benzene rings is 1. The van der Waals surface area contributed by atoms with Crippen LogP contribution in [0.5, 0.6) is 5.75 Å². The standard InChI is InChI=1S/C22H24FN3O3/c1-2-27-14-6-8-19-17(11-14)22(12-28-21(24)26-22)16-10-13(5-7-18(16)29-19)15-4-3-9-25-20(15)23/h3-5,7,9-10,14,17,19H,2,6,8,11-12H2,1H3,(H2,24,26). The summed E-state index contributed by atoms with van der Waals surface area (Å²) in [5.74, 6) is 0.336. The van der Waals surface area contributed by atoms with E-state index in [4.69, 9.17) is 24.9 Å². The van der Waals surface area contributed by atoms with Crippen molar-refractivity contribution in [2.24, 2.45) is 16.6 Å². The van der Waals surface area contributed by atoms with Crippen LogP contribution in [0, 0.1) is 11.9 Å². The first-order valence-electron chi connectivity index (χ1n) is 10.1. The lowest BCUT2D eigenvalue weighted by Crippen LogP contribution is -2.52. The summed E-state index contributed by atoms with van der Waals surface area (Å²) in [6.45, 7) is 3.05. The quantitative estimate of drug-likeness (QED) is 0.803. The van der Waals surface area contributed by atoms with Crippen molar-refractivity contribution in [2.45, 2.75) is 43.9 Å². The lowest BCUT2D eigenvalue weighted by molar-refractivity contribution is -0.0595. The van der Waals surface area contributed by atoms with Gasteiger partial charge in [-0.05, 0) is 56.0 Å². The minimum atomic E-state index is -0.646. The van der Waals surface area contributed by atoms with Crippen molar-refractivity contribution in [3.63, 3.8) is 0 Å². The molecule has 1 aromatic carbocycles. The van der Waals surface area contributed by atoms with Gasteiger partial charge in [0.15, 0.2) is 0 Å². The van der Waals surface area contributed by atoms with E-state index in [0.29, 0.717) is 18.8 Å². The normalized spacial score (nSPS) is 30.1. The third-order valence-electron chi connectivity index (χ3n) is 6.30. The van der Waals surface area contributed by atoms with Crippen LogP contribution in [0.15, 0.2) is 41.5 Å². The minimum Gasteiger partial charge on any atom is -0.490 e. The summed E-state index contributed by atoms with van der Waals surface area (Å²) in [6.07, 6.45) is 4.31. The molecule has 2 N–H and O–H groups in total. The van der Waals surface area contributed by atoms with Gasteiger partial charge in [-0.1, -0.05) is 6.07 Å². The predicted octanol–water partition coefficient (Wildman–Crippen LogP) is 3.39. The number of nitrogens with zero attached hydrogens (tertiary/aromatic N) is 2. The molecule has 3 aliphatic rings. The Bertz CT molecular complexity index is 966. The van der Waals surface area contributed by atoms with Crippen LogP contribution < -0.4 is 10.5 Å². The van der Waals surface area contributed by atoms with E-state index in [-0.39, 0.29) is 24.1 Å². The first-order valence-corrected chi connectivity index (χ1v) is 10.1. The zero-order valence-corrected chi connectivity index (χ0v) is 16.3. The molecule has 0 bridgehead atoms. The molecule has 0 radical (unpaired) electrons. The Balaban J connectivity index is 1.62. The van der Waals surface area contributed by atoms with Crippen molar-refractivity contribution in [2.75, 3.05) is 13.2 Å². The summed E-state index contributed by atoms with van der Waals surface area (Å²) in [7, 11) is 0. The Morgan fingerprint density at radius 1 is 1.31 bits per heavy atom. The number of ether oxygens (including phenoxy) is 3. The summed E-state index contributed by atoms with van der Waals surface area (Å²) in [5.41, 5.74) is 7.39. The van der Waals surface area contributed by atoms with Crippen molar-refractivity contribution < 1.29 is 18.6 Å². The molecule has 6 nitrogen and oxygen atoms in total. The number of aromatic nitrogens is 1. The molecular formula is C22H24FN3O3. The summed E-state index contributed by atoms with van der Waals surface area (Å²) < 4.78 is 32.3. The van der Waals surface area contributed by atoms with Crippen LogP contribution in [0.1, 0.15) is 31.7 Å². The van der Waals surface area contributed by atoms with Gasteiger partial charge in [0, 0.05) is 29.8 Å².